The van der Waals surface area contributed by atoms with Crippen molar-refractivity contribution in [3.8, 4) is 11.5 Å². The van der Waals surface area contributed by atoms with Crippen molar-refractivity contribution in [1.82, 2.24) is 10.2 Å². The fraction of sp³-hybridized carbons (Fsp3) is 0.611. The maximum Gasteiger partial charge on any atom is 0.224 e. The quantitative estimate of drug-likeness (QED) is 0.868. The Hall–Kier alpha value is -1.11. The van der Waals surface area contributed by atoms with Gasteiger partial charge in [0.25, 0.3) is 0 Å². The van der Waals surface area contributed by atoms with E-state index in [2.05, 4.69) is 16.3 Å². The summed E-state index contributed by atoms with van der Waals surface area (Å²) < 4.78 is 11.6. The van der Waals surface area contributed by atoms with Gasteiger partial charge in [-0.1, -0.05) is 12.1 Å². The average molecular weight is 385 g/mol. The summed E-state index contributed by atoms with van der Waals surface area (Å²) in [6.07, 6.45) is 2.64. The van der Waals surface area contributed by atoms with E-state index in [1.807, 2.05) is 23.9 Å². The molecule has 0 aliphatic carbocycles. The summed E-state index contributed by atoms with van der Waals surface area (Å²) >= 11 is 1.93. The Labute approximate surface area is 159 Å². The fourth-order valence-corrected chi connectivity index (χ4v) is 4.78. The van der Waals surface area contributed by atoms with Crippen LogP contribution in [-0.2, 0) is 4.79 Å². The number of likely N-dealkylation sites (tertiary alicyclic amines) is 1. The van der Waals surface area contributed by atoms with Gasteiger partial charge >= 0.3 is 0 Å². The number of rotatable bonds is 3. The number of amides is 1. The number of nitrogens with one attached hydrogen (secondary N) is 1. The summed E-state index contributed by atoms with van der Waals surface area (Å²) in [6.45, 7) is 3.01. The maximum atomic E-state index is 12.9. The van der Waals surface area contributed by atoms with Crippen molar-refractivity contribution in [3.05, 3.63) is 23.8 Å². The summed E-state index contributed by atoms with van der Waals surface area (Å²) in [5.74, 6) is 4.07. The van der Waals surface area contributed by atoms with Gasteiger partial charge in [0.15, 0.2) is 11.5 Å². The Kier molecular flexibility index (Phi) is 6.36. The molecule has 25 heavy (non-hydrogen) atoms. The summed E-state index contributed by atoms with van der Waals surface area (Å²) in [6, 6.07) is 6.45. The first-order valence-electron chi connectivity index (χ1n) is 8.82. The van der Waals surface area contributed by atoms with E-state index < -0.39 is 0 Å². The molecule has 0 spiro atoms. The molecule has 2 saturated heterocycles. The number of ether oxygens (including phenoxy) is 2. The Morgan fingerprint density at radius 3 is 3.04 bits per heavy atom. The number of halogens is 1. The maximum absolute atomic E-state index is 12.9. The topological polar surface area (TPSA) is 50.8 Å². The van der Waals surface area contributed by atoms with Crippen molar-refractivity contribution in [2.24, 2.45) is 0 Å². The van der Waals surface area contributed by atoms with Gasteiger partial charge in [-0.25, -0.2) is 0 Å². The van der Waals surface area contributed by atoms with Crippen molar-refractivity contribution in [1.29, 1.82) is 0 Å². The molecular formula is C18H25ClN2O3S. The molecule has 5 nitrogen and oxygen atoms in total. The van der Waals surface area contributed by atoms with Gasteiger partial charge in [-0.15, -0.1) is 12.4 Å². The molecule has 0 radical (unpaired) electrons. The number of para-hydroxylation sites is 1. The molecule has 1 amide bonds. The van der Waals surface area contributed by atoms with Crippen LogP contribution in [0.15, 0.2) is 18.2 Å². The minimum atomic E-state index is 0. The Balaban J connectivity index is 0.00000182. The highest BCUT2D eigenvalue weighted by atomic mass is 35.5. The van der Waals surface area contributed by atoms with Crippen molar-refractivity contribution in [2.75, 3.05) is 37.8 Å². The second-order valence-corrected chi connectivity index (χ2v) is 7.70. The normalized spacial score (nSPS) is 25.4. The number of carbonyl (C=O) groups excluding carboxylic acids is 1. The monoisotopic (exact) mass is 384 g/mol. The lowest BCUT2D eigenvalue weighted by atomic mass is 10.0. The van der Waals surface area contributed by atoms with Crippen LogP contribution < -0.4 is 14.8 Å². The van der Waals surface area contributed by atoms with Crippen LogP contribution in [0.1, 0.15) is 30.9 Å². The molecule has 1 aromatic rings. The van der Waals surface area contributed by atoms with Gasteiger partial charge in [0, 0.05) is 42.6 Å². The predicted octanol–water partition coefficient (Wildman–Crippen LogP) is 2.64. The largest absolute Gasteiger partial charge is 0.486 e. The lowest BCUT2D eigenvalue weighted by Crippen LogP contribution is -2.42. The molecule has 4 rings (SSSR count). The van der Waals surface area contributed by atoms with Gasteiger partial charge in [-0.05, 0) is 18.9 Å². The van der Waals surface area contributed by atoms with Crippen LogP contribution in [0, 0.1) is 0 Å². The molecule has 1 aromatic carbocycles. The lowest BCUT2D eigenvalue weighted by Gasteiger charge is -2.31. The van der Waals surface area contributed by atoms with Crippen LogP contribution in [0.25, 0.3) is 0 Å². The van der Waals surface area contributed by atoms with Crippen LogP contribution in [-0.4, -0.2) is 54.7 Å². The molecular weight excluding hydrogens is 360 g/mol. The second kappa shape index (κ2) is 8.52. The third-order valence-electron chi connectivity index (χ3n) is 4.95. The summed E-state index contributed by atoms with van der Waals surface area (Å²) in [5.41, 5.74) is 1.10. The zero-order chi connectivity index (χ0) is 16.4. The van der Waals surface area contributed by atoms with Crippen molar-refractivity contribution in [3.63, 3.8) is 0 Å². The summed E-state index contributed by atoms with van der Waals surface area (Å²) in [4.78, 5) is 14.9. The number of nitrogens with zero attached hydrogens (tertiary/aromatic N) is 1. The van der Waals surface area contributed by atoms with Crippen molar-refractivity contribution >= 4 is 30.1 Å². The van der Waals surface area contributed by atoms with Crippen LogP contribution in [0.4, 0.5) is 0 Å². The second-order valence-electron chi connectivity index (χ2n) is 6.55. The number of fused-ring (bicyclic) bond motifs is 1. The van der Waals surface area contributed by atoms with Gasteiger partial charge in [0.05, 0.1) is 6.04 Å². The van der Waals surface area contributed by atoms with E-state index >= 15 is 0 Å². The van der Waals surface area contributed by atoms with Crippen LogP contribution in [0.3, 0.4) is 0 Å². The molecule has 3 aliphatic heterocycles. The highest BCUT2D eigenvalue weighted by molar-refractivity contribution is 7.99. The van der Waals surface area contributed by atoms with Gasteiger partial charge in [-0.2, -0.15) is 11.8 Å². The van der Waals surface area contributed by atoms with Crippen LogP contribution in [0.2, 0.25) is 0 Å². The number of carbonyl (C=O) groups is 1. The van der Waals surface area contributed by atoms with E-state index in [1.165, 1.54) is 0 Å². The summed E-state index contributed by atoms with van der Waals surface area (Å²) in [7, 11) is 0. The molecule has 0 saturated carbocycles. The zero-order valence-corrected chi connectivity index (χ0v) is 15.9. The fourth-order valence-electron chi connectivity index (χ4n) is 3.83. The third-order valence-corrected chi connectivity index (χ3v) is 6.08. The van der Waals surface area contributed by atoms with E-state index in [0.29, 0.717) is 25.7 Å². The van der Waals surface area contributed by atoms with Crippen LogP contribution in [0.5, 0.6) is 11.5 Å². The van der Waals surface area contributed by atoms with Gasteiger partial charge < -0.3 is 19.7 Å². The SMILES string of the molecule is Cl.O=C(CC1CSCCN1)N1CCCC1c1cccc2c1OCCO2. The van der Waals surface area contributed by atoms with Crippen LogP contribution >= 0.6 is 24.2 Å². The zero-order valence-electron chi connectivity index (χ0n) is 14.2. The Morgan fingerprint density at radius 1 is 1.32 bits per heavy atom. The first-order chi connectivity index (χ1) is 11.8. The minimum absolute atomic E-state index is 0. The van der Waals surface area contributed by atoms with Crippen molar-refractivity contribution < 1.29 is 14.3 Å². The Bertz CT molecular complexity index is 610. The molecule has 2 atom stereocenters. The molecule has 0 aromatic heterocycles. The molecule has 3 heterocycles. The van der Waals surface area contributed by atoms with E-state index in [4.69, 9.17) is 9.47 Å². The number of benzene rings is 1. The molecule has 2 fully saturated rings. The molecule has 3 aliphatic rings. The van der Waals surface area contributed by atoms with Gasteiger partial charge in [0.2, 0.25) is 5.91 Å². The predicted molar refractivity (Wildman–Crippen MR) is 102 cm³/mol. The lowest BCUT2D eigenvalue weighted by molar-refractivity contribution is -0.132. The standard InChI is InChI=1S/C18H24N2O3S.ClH/c21-17(11-13-12-24-10-6-19-13)20-7-2-4-15(20)14-3-1-5-16-18(14)23-9-8-22-16;/h1,3,5,13,15,19H,2,4,6-12H2;1H. The number of hydrogen-bond acceptors (Lipinski definition) is 5. The van der Waals surface area contributed by atoms with E-state index in [1.54, 1.807) is 0 Å². The number of hydrogen-bond donors (Lipinski definition) is 1. The molecule has 0 bridgehead atoms. The van der Waals surface area contributed by atoms with Gasteiger partial charge in [0.1, 0.15) is 13.2 Å². The molecule has 2 unspecified atom stereocenters. The first kappa shape index (κ1) is 18.7. The third kappa shape index (κ3) is 4.01. The molecule has 1 N–H and O–H groups in total. The number of thioether (sulfide) groups is 1. The van der Waals surface area contributed by atoms with Crippen molar-refractivity contribution in [2.45, 2.75) is 31.3 Å². The van der Waals surface area contributed by atoms with E-state index in [-0.39, 0.29) is 24.4 Å². The van der Waals surface area contributed by atoms with E-state index in [9.17, 15) is 4.79 Å². The molecule has 7 heteroatoms. The smallest absolute Gasteiger partial charge is 0.224 e. The average Bonchev–Trinajstić information content (AvgIpc) is 3.12. The van der Waals surface area contributed by atoms with Gasteiger partial charge in [-0.3, -0.25) is 4.79 Å². The summed E-state index contributed by atoms with van der Waals surface area (Å²) in [5, 5.41) is 3.46. The first-order valence-corrected chi connectivity index (χ1v) is 9.97. The van der Waals surface area contributed by atoms with E-state index in [0.717, 1.165) is 54.5 Å². The minimum Gasteiger partial charge on any atom is -0.486 e. The highest BCUT2D eigenvalue weighted by Crippen LogP contribution is 2.43. The molecule has 138 valence electrons. The highest BCUT2D eigenvalue weighted by Gasteiger charge is 2.34. The Morgan fingerprint density at radius 2 is 2.20 bits per heavy atom.